The first-order valence-electron chi connectivity index (χ1n) is 10.8. The van der Waals surface area contributed by atoms with Gasteiger partial charge in [0, 0.05) is 24.3 Å². The molecule has 0 fully saturated rings. The molecule has 0 saturated heterocycles. The lowest BCUT2D eigenvalue weighted by molar-refractivity contribution is 0.0729. The molecule has 8 heteroatoms. The first-order chi connectivity index (χ1) is 16.5. The quantitative estimate of drug-likeness (QED) is 0.198. The van der Waals surface area contributed by atoms with Crippen LogP contribution in [-0.2, 0) is 0 Å². The van der Waals surface area contributed by atoms with Crippen molar-refractivity contribution in [2.45, 2.75) is 13.8 Å². The Morgan fingerprint density at radius 3 is 2.35 bits per heavy atom. The van der Waals surface area contributed by atoms with E-state index in [0.717, 1.165) is 18.8 Å². The molecule has 7 nitrogen and oxygen atoms in total. The van der Waals surface area contributed by atoms with Crippen LogP contribution in [0, 0.1) is 0 Å². The Bertz CT molecular complexity index is 1170. The lowest BCUT2D eigenvalue weighted by atomic mass is 10.2. The summed E-state index contributed by atoms with van der Waals surface area (Å²) in [6.07, 6.45) is 1.48. The summed E-state index contributed by atoms with van der Waals surface area (Å²) in [5.74, 6) is -0.339. The fourth-order valence-electron chi connectivity index (χ4n) is 3.27. The lowest BCUT2D eigenvalue weighted by Gasteiger charge is -2.20. The largest absolute Gasteiger partial charge is 0.493 e. The fourth-order valence-corrected chi connectivity index (χ4v) is 3.49. The zero-order valence-corrected chi connectivity index (χ0v) is 20.0. The topological polar surface area (TPSA) is 80.2 Å². The molecule has 0 unspecified atom stereocenters. The van der Waals surface area contributed by atoms with Crippen molar-refractivity contribution in [1.29, 1.82) is 0 Å². The molecule has 3 aromatic carbocycles. The molecule has 0 aromatic heterocycles. The zero-order valence-electron chi connectivity index (χ0n) is 19.2. The number of anilines is 1. The van der Waals surface area contributed by atoms with Crippen molar-refractivity contribution in [2.24, 2.45) is 5.10 Å². The highest BCUT2D eigenvalue weighted by Crippen LogP contribution is 2.29. The van der Waals surface area contributed by atoms with Gasteiger partial charge in [0.15, 0.2) is 11.5 Å². The van der Waals surface area contributed by atoms with E-state index in [-0.39, 0.29) is 17.2 Å². The molecule has 0 aliphatic rings. The van der Waals surface area contributed by atoms with Gasteiger partial charge < -0.3 is 14.4 Å². The first-order valence-corrected chi connectivity index (χ1v) is 11.2. The second-order valence-corrected chi connectivity index (χ2v) is 7.61. The van der Waals surface area contributed by atoms with E-state index in [1.54, 1.807) is 54.6 Å². The number of carbonyl (C=O) groups is 2. The van der Waals surface area contributed by atoms with Crippen LogP contribution < -0.4 is 19.8 Å². The fraction of sp³-hybridized carbons (Fsp3) is 0.192. The SMILES string of the molecule is CCN(CC)c1ccc(C(=O)N/N=C/c2ccc(OC(=O)c3ccccc3Cl)c(OC)c2)cc1. The van der Waals surface area contributed by atoms with Crippen molar-refractivity contribution in [1.82, 2.24) is 5.43 Å². The molecule has 1 N–H and O–H groups in total. The van der Waals surface area contributed by atoms with E-state index in [1.165, 1.54) is 13.3 Å². The summed E-state index contributed by atoms with van der Waals surface area (Å²) in [6.45, 7) is 5.97. The summed E-state index contributed by atoms with van der Waals surface area (Å²) >= 11 is 6.06. The van der Waals surface area contributed by atoms with Crippen LogP contribution in [0.1, 0.15) is 40.1 Å². The summed E-state index contributed by atoms with van der Waals surface area (Å²) in [7, 11) is 1.47. The van der Waals surface area contributed by atoms with Crippen molar-refractivity contribution < 1.29 is 19.1 Å². The number of benzene rings is 3. The Balaban J connectivity index is 1.64. The smallest absolute Gasteiger partial charge is 0.345 e. The third-order valence-electron chi connectivity index (χ3n) is 5.12. The molecule has 34 heavy (non-hydrogen) atoms. The normalized spacial score (nSPS) is 10.7. The zero-order chi connectivity index (χ0) is 24.5. The molecule has 3 aromatic rings. The molecule has 3 rings (SSSR count). The van der Waals surface area contributed by atoms with Crippen LogP contribution in [0.25, 0.3) is 0 Å². The van der Waals surface area contributed by atoms with Crippen molar-refractivity contribution in [3.63, 3.8) is 0 Å². The Hall–Kier alpha value is -3.84. The van der Waals surface area contributed by atoms with Crippen molar-refractivity contribution in [3.8, 4) is 11.5 Å². The van der Waals surface area contributed by atoms with Crippen molar-refractivity contribution in [3.05, 3.63) is 88.4 Å². The Kier molecular flexibility index (Phi) is 8.65. The second-order valence-electron chi connectivity index (χ2n) is 7.20. The summed E-state index contributed by atoms with van der Waals surface area (Å²) in [5.41, 5.74) is 4.98. The maximum Gasteiger partial charge on any atom is 0.345 e. The molecule has 0 saturated carbocycles. The molecule has 0 aliphatic heterocycles. The van der Waals surface area contributed by atoms with Gasteiger partial charge >= 0.3 is 5.97 Å². The average molecular weight is 480 g/mol. The third kappa shape index (κ3) is 6.14. The summed E-state index contributed by atoms with van der Waals surface area (Å²) in [5, 5.41) is 4.32. The predicted octanol–water partition coefficient (Wildman–Crippen LogP) is 5.18. The summed E-state index contributed by atoms with van der Waals surface area (Å²) < 4.78 is 10.8. The number of halogens is 1. The molecule has 1 amide bonds. The van der Waals surface area contributed by atoms with E-state index in [4.69, 9.17) is 21.1 Å². The van der Waals surface area contributed by atoms with Crippen molar-refractivity contribution in [2.75, 3.05) is 25.1 Å². The number of carbonyl (C=O) groups excluding carboxylic acids is 2. The summed E-state index contributed by atoms with van der Waals surface area (Å²) in [4.78, 5) is 27.0. The monoisotopic (exact) mass is 479 g/mol. The first kappa shape index (κ1) is 24.8. The number of ether oxygens (including phenoxy) is 2. The molecule has 0 radical (unpaired) electrons. The highest BCUT2D eigenvalue weighted by Gasteiger charge is 2.15. The van der Waals surface area contributed by atoms with Crippen LogP contribution in [0.15, 0.2) is 71.8 Å². The Morgan fingerprint density at radius 1 is 1.00 bits per heavy atom. The number of hydrazone groups is 1. The van der Waals surface area contributed by atoms with Crippen LogP contribution >= 0.6 is 11.6 Å². The number of esters is 1. The number of amides is 1. The minimum Gasteiger partial charge on any atom is -0.493 e. The van der Waals surface area contributed by atoms with Crippen LogP contribution in [-0.4, -0.2) is 38.3 Å². The van der Waals surface area contributed by atoms with E-state index in [1.807, 2.05) is 12.1 Å². The van der Waals surface area contributed by atoms with Gasteiger partial charge in [0.05, 0.1) is 23.9 Å². The van der Waals surface area contributed by atoms with E-state index in [0.29, 0.717) is 21.9 Å². The van der Waals surface area contributed by atoms with E-state index < -0.39 is 5.97 Å². The minimum absolute atomic E-state index is 0.238. The molecule has 0 aliphatic carbocycles. The van der Waals surface area contributed by atoms with Crippen LogP contribution in [0.2, 0.25) is 5.02 Å². The van der Waals surface area contributed by atoms with Gasteiger partial charge in [-0.3, -0.25) is 4.79 Å². The highest BCUT2D eigenvalue weighted by atomic mass is 35.5. The number of nitrogens with zero attached hydrogens (tertiary/aromatic N) is 2. The number of rotatable bonds is 9. The maximum atomic E-state index is 12.4. The van der Waals surface area contributed by atoms with Gasteiger partial charge in [-0.15, -0.1) is 0 Å². The van der Waals surface area contributed by atoms with E-state index in [2.05, 4.69) is 29.3 Å². The molecule has 0 spiro atoms. The molecule has 0 heterocycles. The molecule has 0 atom stereocenters. The minimum atomic E-state index is -0.593. The molecule has 176 valence electrons. The van der Waals surface area contributed by atoms with E-state index in [9.17, 15) is 9.59 Å². The van der Waals surface area contributed by atoms with Gasteiger partial charge in [-0.2, -0.15) is 5.10 Å². The van der Waals surface area contributed by atoms with Crippen molar-refractivity contribution >= 4 is 35.4 Å². The number of hydrogen-bond donors (Lipinski definition) is 1. The lowest BCUT2D eigenvalue weighted by Crippen LogP contribution is -2.22. The van der Waals surface area contributed by atoms with E-state index >= 15 is 0 Å². The Morgan fingerprint density at radius 2 is 1.71 bits per heavy atom. The number of hydrogen-bond acceptors (Lipinski definition) is 6. The van der Waals surface area contributed by atoms with Gasteiger partial charge in [-0.1, -0.05) is 23.7 Å². The molecule has 0 bridgehead atoms. The number of methoxy groups -OCH3 is 1. The van der Waals surface area contributed by atoms with Gasteiger partial charge in [0.25, 0.3) is 5.91 Å². The van der Waals surface area contributed by atoms with Crippen LogP contribution in [0.4, 0.5) is 5.69 Å². The predicted molar refractivity (Wildman–Crippen MR) is 134 cm³/mol. The van der Waals surface area contributed by atoms with Gasteiger partial charge in [0.1, 0.15) is 0 Å². The molecular weight excluding hydrogens is 454 g/mol. The number of nitrogens with one attached hydrogen (secondary N) is 1. The van der Waals surface area contributed by atoms with Crippen LogP contribution in [0.5, 0.6) is 11.5 Å². The molecular formula is C26H26ClN3O4. The van der Waals surface area contributed by atoms with Crippen LogP contribution in [0.3, 0.4) is 0 Å². The summed E-state index contributed by atoms with van der Waals surface area (Å²) in [6, 6.07) is 18.9. The Labute approximate surface area is 203 Å². The van der Waals surface area contributed by atoms with Gasteiger partial charge in [-0.25, -0.2) is 10.2 Å². The average Bonchev–Trinajstić information content (AvgIpc) is 2.86. The van der Waals surface area contributed by atoms with Gasteiger partial charge in [0.2, 0.25) is 0 Å². The standard InChI is InChI=1S/C26H26ClN3O4/c1-4-30(5-2)20-13-11-19(12-14-20)25(31)29-28-17-18-10-15-23(24(16-18)33-3)34-26(32)21-8-6-7-9-22(21)27/h6-17H,4-5H2,1-3H3,(H,29,31)/b28-17+. The van der Waals surface area contributed by atoms with Gasteiger partial charge in [-0.05, 0) is 74.0 Å². The maximum absolute atomic E-state index is 12.4. The second kappa shape index (κ2) is 11.9. The third-order valence-corrected chi connectivity index (χ3v) is 5.45. The highest BCUT2D eigenvalue weighted by molar-refractivity contribution is 6.33.